The molecule has 0 aliphatic heterocycles. The first-order valence-corrected chi connectivity index (χ1v) is 10.7. The van der Waals surface area contributed by atoms with Gasteiger partial charge < -0.3 is 32.1 Å². The largest absolute Gasteiger partial charge is 0.480 e. The maximum atomic E-state index is 12.9. The minimum absolute atomic E-state index is 0.0622. The van der Waals surface area contributed by atoms with Crippen molar-refractivity contribution >= 4 is 23.7 Å². The van der Waals surface area contributed by atoms with Crippen LogP contribution in [0.5, 0.6) is 0 Å². The number of aliphatic carboxylic acids is 1. The molecule has 0 saturated heterocycles. The average Bonchev–Trinajstić information content (AvgIpc) is 2.70. The summed E-state index contributed by atoms with van der Waals surface area (Å²) in [5, 5.41) is 15.1. The van der Waals surface area contributed by atoms with Crippen LogP contribution in [0.3, 0.4) is 0 Å². The van der Waals surface area contributed by atoms with Gasteiger partial charge in [-0.2, -0.15) is 0 Å². The van der Waals surface area contributed by atoms with E-state index in [4.69, 9.17) is 11.5 Å². The predicted octanol–water partition coefficient (Wildman–Crippen LogP) is 0.405. The van der Waals surface area contributed by atoms with Crippen molar-refractivity contribution in [3.63, 3.8) is 0 Å². The topological polar surface area (TPSA) is 163 Å². The molecule has 0 unspecified atom stereocenters. The number of rotatable bonds is 16. The van der Waals surface area contributed by atoms with Crippen molar-refractivity contribution in [1.29, 1.82) is 0 Å². The lowest BCUT2D eigenvalue weighted by Crippen LogP contribution is -2.55. The van der Waals surface area contributed by atoms with E-state index in [0.717, 1.165) is 25.7 Å². The van der Waals surface area contributed by atoms with Gasteiger partial charge >= 0.3 is 5.97 Å². The quantitative estimate of drug-likeness (QED) is 0.135. The Morgan fingerprint density at radius 2 is 1.57 bits per heavy atom. The van der Waals surface area contributed by atoms with Crippen LogP contribution in [-0.4, -0.2) is 72.5 Å². The lowest BCUT2D eigenvalue weighted by molar-refractivity contribution is -0.145. The van der Waals surface area contributed by atoms with Gasteiger partial charge in [-0.25, -0.2) is 4.79 Å². The summed E-state index contributed by atoms with van der Waals surface area (Å²) in [4.78, 5) is 42.7. The Balaban J connectivity index is 5.22. The minimum atomic E-state index is -1.13. The number of carboxylic acid groups (broad SMARTS) is 1. The monoisotopic (exact) mass is 428 g/mol. The van der Waals surface area contributed by atoms with E-state index in [1.165, 1.54) is 4.90 Å². The molecule has 0 aliphatic rings. The number of hydrogen-bond donors (Lipinski definition) is 5. The maximum Gasteiger partial charge on any atom is 0.326 e. The number of carbonyl (C=O) groups excluding carboxylic acids is 2. The van der Waals surface area contributed by atoms with Gasteiger partial charge in [0, 0.05) is 13.6 Å². The molecule has 0 heterocycles. The number of nitrogens with two attached hydrogens (primary N) is 2. The van der Waals surface area contributed by atoms with Gasteiger partial charge in [-0.1, -0.05) is 39.5 Å². The number of carboxylic acids is 1. The van der Waals surface area contributed by atoms with Gasteiger partial charge in [-0.05, 0) is 32.7 Å². The zero-order valence-corrected chi connectivity index (χ0v) is 18.8. The fraction of sp³-hybridized carbons (Fsp3) is 0.800. The molecule has 0 saturated carbocycles. The highest BCUT2D eigenvalue weighted by Crippen LogP contribution is 2.13. The number of carbonyl (C=O) groups is 3. The van der Waals surface area contributed by atoms with E-state index in [0.29, 0.717) is 19.3 Å². The second-order valence-corrected chi connectivity index (χ2v) is 7.44. The molecule has 174 valence electrons. The van der Waals surface area contributed by atoms with Crippen LogP contribution < -0.4 is 22.1 Å². The van der Waals surface area contributed by atoms with Crippen LogP contribution in [0.2, 0.25) is 0 Å². The summed E-state index contributed by atoms with van der Waals surface area (Å²) >= 11 is 0. The van der Waals surface area contributed by atoms with E-state index < -0.39 is 24.0 Å². The second-order valence-electron chi connectivity index (χ2n) is 7.44. The molecule has 0 fully saturated rings. The Kier molecular flexibility index (Phi) is 14.3. The Morgan fingerprint density at radius 3 is 2.07 bits per heavy atom. The van der Waals surface area contributed by atoms with Crippen molar-refractivity contribution in [1.82, 2.24) is 15.5 Å². The second kappa shape index (κ2) is 15.5. The lowest BCUT2D eigenvalue weighted by Gasteiger charge is -2.31. The molecular formula is C20H40N6O4. The maximum absolute atomic E-state index is 12.9. The molecule has 0 radical (unpaired) electrons. The molecular weight excluding hydrogens is 388 g/mol. The van der Waals surface area contributed by atoms with Crippen LogP contribution in [0, 0.1) is 0 Å². The van der Waals surface area contributed by atoms with E-state index in [1.54, 1.807) is 14.1 Å². The number of amides is 2. The predicted molar refractivity (Wildman–Crippen MR) is 118 cm³/mol. The SMILES string of the molecule is CCCC[C@H](NC)C(=O)N(C)[C@@H](CCCC)C(=O)N[C@@H](CCCN=C(N)N)C(=O)O. The molecule has 0 aliphatic carbocycles. The third-order valence-corrected chi connectivity index (χ3v) is 5.00. The van der Waals surface area contributed by atoms with E-state index in [-0.39, 0.29) is 30.9 Å². The van der Waals surface area contributed by atoms with Crippen LogP contribution in [0.25, 0.3) is 0 Å². The first-order chi connectivity index (χ1) is 14.2. The van der Waals surface area contributed by atoms with Crippen LogP contribution in [0.4, 0.5) is 0 Å². The van der Waals surface area contributed by atoms with Gasteiger partial charge in [-0.3, -0.25) is 14.6 Å². The van der Waals surface area contributed by atoms with Crippen LogP contribution in [0.15, 0.2) is 4.99 Å². The number of unbranched alkanes of at least 4 members (excludes halogenated alkanes) is 2. The smallest absolute Gasteiger partial charge is 0.326 e. The summed E-state index contributed by atoms with van der Waals surface area (Å²) in [5.74, 6) is -1.82. The highest BCUT2D eigenvalue weighted by molar-refractivity contribution is 5.91. The molecule has 30 heavy (non-hydrogen) atoms. The summed E-state index contributed by atoms with van der Waals surface area (Å²) in [5.41, 5.74) is 10.5. The summed E-state index contributed by atoms with van der Waals surface area (Å²) in [6, 6.07) is -2.17. The normalized spacial score (nSPS) is 13.7. The molecule has 3 atom stereocenters. The van der Waals surface area contributed by atoms with Crippen LogP contribution in [-0.2, 0) is 14.4 Å². The van der Waals surface area contributed by atoms with E-state index in [1.807, 2.05) is 6.92 Å². The third kappa shape index (κ3) is 10.4. The summed E-state index contributed by atoms with van der Waals surface area (Å²) in [6.07, 6.45) is 5.21. The molecule has 0 bridgehead atoms. The number of likely N-dealkylation sites (N-methyl/N-ethyl adjacent to an activating group) is 2. The summed E-state index contributed by atoms with van der Waals surface area (Å²) in [6.45, 7) is 4.33. The van der Waals surface area contributed by atoms with Gasteiger partial charge in [0.1, 0.15) is 12.1 Å². The van der Waals surface area contributed by atoms with Crippen molar-refractivity contribution in [2.45, 2.75) is 83.3 Å². The Hall–Kier alpha value is -2.36. The van der Waals surface area contributed by atoms with Crippen molar-refractivity contribution in [2.75, 3.05) is 20.6 Å². The van der Waals surface area contributed by atoms with Crippen molar-refractivity contribution in [3.05, 3.63) is 0 Å². The number of nitrogens with one attached hydrogen (secondary N) is 2. The van der Waals surface area contributed by atoms with E-state index in [9.17, 15) is 19.5 Å². The minimum Gasteiger partial charge on any atom is -0.480 e. The molecule has 2 amide bonds. The highest BCUT2D eigenvalue weighted by atomic mass is 16.4. The molecule has 10 heteroatoms. The zero-order valence-electron chi connectivity index (χ0n) is 18.8. The number of guanidine groups is 1. The van der Waals surface area contributed by atoms with Gasteiger partial charge in [0.05, 0.1) is 6.04 Å². The van der Waals surface area contributed by atoms with Crippen molar-refractivity contribution in [3.8, 4) is 0 Å². The van der Waals surface area contributed by atoms with Crippen LogP contribution in [0.1, 0.15) is 65.2 Å². The van der Waals surface area contributed by atoms with Crippen LogP contribution >= 0.6 is 0 Å². The van der Waals surface area contributed by atoms with Gasteiger partial charge in [0.15, 0.2) is 5.96 Å². The average molecular weight is 429 g/mol. The fourth-order valence-electron chi connectivity index (χ4n) is 3.13. The van der Waals surface area contributed by atoms with Gasteiger partial charge in [0.2, 0.25) is 11.8 Å². The van der Waals surface area contributed by atoms with E-state index >= 15 is 0 Å². The molecule has 0 aromatic rings. The molecule has 0 aromatic heterocycles. The van der Waals surface area contributed by atoms with Crippen molar-refractivity contribution in [2.24, 2.45) is 16.5 Å². The highest BCUT2D eigenvalue weighted by Gasteiger charge is 2.32. The molecule has 0 aromatic carbocycles. The number of nitrogens with zero attached hydrogens (tertiary/aromatic N) is 2. The Morgan fingerprint density at radius 1 is 1.00 bits per heavy atom. The van der Waals surface area contributed by atoms with E-state index in [2.05, 4.69) is 22.5 Å². The Labute approximate surface area is 179 Å². The summed E-state index contributed by atoms with van der Waals surface area (Å²) < 4.78 is 0. The number of hydrogen-bond acceptors (Lipinski definition) is 5. The lowest BCUT2D eigenvalue weighted by atomic mass is 10.0. The molecule has 10 nitrogen and oxygen atoms in total. The Bertz CT molecular complexity index is 565. The zero-order chi connectivity index (χ0) is 23.1. The van der Waals surface area contributed by atoms with Gasteiger partial charge in [0.25, 0.3) is 0 Å². The standard InChI is InChI=1S/C20H40N6O4/c1-5-7-10-14(23-3)18(28)26(4)16(12-8-6-2)17(27)25-15(19(29)30)11-9-13-24-20(21)22/h14-16,23H,5-13H2,1-4H3,(H,25,27)(H,29,30)(H4,21,22,24)/t14-,15-,16-/m0/s1. The molecule has 7 N–H and O–H groups in total. The summed E-state index contributed by atoms with van der Waals surface area (Å²) in [7, 11) is 3.33. The molecule has 0 spiro atoms. The van der Waals surface area contributed by atoms with Crippen molar-refractivity contribution < 1.29 is 19.5 Å². The molecule has 0 rings (SSSR count). The number of aliphatic imine (C=N–C) groups is 1. The van der Waals surface area contributed by atoms with Gasteiger partial charge in [-0.15, -0.1) is 0 Å². The fourth-order valence-corrected chi connectivity index (χ4v) is 3.13. The first kappa shape index (κ1) is 27.6. The third-order valence-electron chi connectivity index (χ3n) is 5.00. The first-order valence-electron chi connectivity index (χ1n) is 10.7.